The smallest absolute Gasteiger partial charge is 0.0558 e. The summed E-state index contributed by atoms with van der Waals surface area (Å²) in [6, 6.07) is 8.80. The van der Waals surface area contributed by atoms with Crippen LogP contribution in [-0.4, -0.2) is 11.0 Å². The first kappa shape index (κ1) is 13.1. The molecule has 0 bridgehead atoms. The molecule has 0 saturated carbocycles. The summed E-state index contributed by atoms with van der Waals surface area (Å²) < 4.78 is 0. The van der Waals surface area contributed by atoms with Gasteiger partial charge in [0.2, 0.25) is 0 Å². The Morgan fingerprint density at radius 1 is 1.33 bits per heavy atom. The second kappa shape index (κ2) is 5.98. The highest BCUT2D eigenvalue weighted by atomic mass is 32.1. The van der Waals surface area contributed by atoms with Gasteiger partial charge < -0.3 is 10.6 Å². The van der Waals surface area contributed by atoms with E-state index >= 15 is 0 Å². The van der Waals surface area contributed by atoms with Crippen LogP contribution in [0.25, 0.3) is 0 Å². The Kier molecular flexibility index (Phi) is 4.33. The van der Waals surface area contributed by atoms with E-state index in [1.807, 2.05) is 12.3 Å². The van der Waals surface area contributed by atoms with Gasteiger partial charge in [-0.25, -0.2) is 0 Å². The number of rotatable bonds is 5. The molecule has 96 valence electrons. The highest BCUT2D eigenvalue weighted by Gasteiger charge is 2.12. The highest BCUT2D eigenvalue weighted by Crippen LogP contribution is 2.21. The standard InChI is InChI=1S/C14H19N3S/c1-11(2)17(10-14-4-3-7-18-14)13-6-5-12(8-15)16-9-13/h3-7,9,11H,8,10,15H2,1-2H3. The SMILES string of the molecule is CC(C)N(Cc1cccs1)c1ccc(CN)nc1. The van der Waals surface area contributed by atoms with Crippen molar-refractivity contribution in [2.75, 3.05) is 4.90 Å². The molecular formula is C14H19N3S. The van der Waals surface area contributed by atoms with E-state index in [0.29, 0.717) is 12.6 Å². The van der Waals surface area contributed by atoms with Gasteiger partial charge in [-0.1, -0.05) is 6.07 Å². The summed E-state index contributed by atoms with van der Waals surface area (Å²) in [7, 11) is 0. The average molecular weight is 261 g/mol. The van der Waals surface area contributed by atoms with Crippen molar-refractivity contribution in [2.45, 2.75) is 33.0 Å². The Labute approximate surface area is 112 Å². The van der Waals surface area contributed by atoms with Crippen LogP contribution >= 0.6 is 11.3 Å². The van der Waals surface area contributed by atoms with Crippen LogP contribution in [0.1, 0.15) is 24.4 Å². The molecule has 2 aromatic rings. The molecule has 0 aliphatic rings. The van der Waals surface area contributed by atoms with E-state index in [1.165, 1.54) is 4.88 Å². The second-order valence-corrected chi connectivity index (χ2v) is 5.55. The largest absolute Gasteiger partial charge is 0.363 e. The van der Waals surface area contributed by atoms with Crippen LogP contribution < -0.4 is 10.6 Å². The van der Waals surface area contributed by atoms with Gasteiger partial charge in [0.05, 0.1) is 24.1 Å². The fraction of sp³-hybridized carbons (Fsp3) is 0.357. The predicted octanol–water partition coefficient (Wildman–Crippen LogP) is 3.02. The number of hydrogen-bond acceptors (Lipinski definition) is 4. The predicted molar refractivity (Wildman–Crippen MR) is 77.8 cm³/mol. The molecular weight excluding hydrogens is 242 g/mol. The van der Waals surface area contributed by atoms with Crippen molar-refractivity contribution >= 4 is 17.0 Å². The van der Waals surface area contributed by atoms with Crippen molar-refractivity contribution < 1.29 is 0 Å². The zero-order valence-corrected chi connectivity index (χ0v) is 11.7. The van der Waals surface area contributed by atoms with E-state index in [-0.39, 0.29) is 0 Å². The number of thiophene rings is 1. The molecule has 2 aromatic heterocycles. The Morgan fingerprint density at radius 2 is 2.17 bits per heavy atom. The van der Waals surface area contributed by atoms with Crippen molar-refractivity contribution in [2.24, 2.45) is 5.73 Å². The van der Waals surface area contributed by atoms with E-state index < -0.39 is 0 Å². The molecule has 3 nitrogen and oxygen atoms in total. The molecule has 4 heteroatoms. The summed E-state index contributed by atoms with van der Waals surface area (Å²) in [5.74, 6) is 0. The zero-order chi connectivity index (χ0) is 13.0. The summed E-state index contributed by atoms with van der Waals surface area (Å²) in [6.45, 7) is 5.82. The van der Waals surface area contributed by atoms with Gasteiger partial charge in [0.1, 0.15) is 0 Å². The molecule has 0 saturated heterocycles. The molecule has 2 heterocycles. The van der Waals surface area contributed by atoms with Crippen molar-refractivity contribution in [3.05, 3.63) is 46.4 Å². The molecule has 18 heavy (non-hydrogen) atoms. The van der Waals surface area contributed by atoms with Gasteiger partial charge in [-0.05, 0) is 37.4 Å². The molecule has 2 rings (SSSR count). The van der Waals surface area contributed by atoms with Gasteiger partial charge in [0, 0.05) is 17.5 Å². The van der Waals surface area contributed by atoms with E-state index in [2.05, 4.69) is 47.3 Å². The fourth-order valence-corrected chi connectivity index (χ4v) is 2.55. The maximum absolute atomic E-state index is 5.57. The molecule has 2 N–H and O–H groups in total. The molecule has 0 amide bonds. The van der Waals surface area contributed by atoms with Crippen molar-refractivity contribution in [3.63, 3.8) is 0 Å². The summed E-state index contributed by atoms with van der Waals surface area (Å²) >= 11 is 1.79. The van der Waals surface area contributed by atoms with Crippen LogP contribution in [0.2, 0.25) is 0 Å². The lowest BCUT2D eigenvalue weighted by Crippen LogP contribution is -2.29. The molecule has 0 atom stereocenters. The molecule has 0 unspecified atom stereocenters. The minimum atomic E-state index is 0.442. The van der Waals surface area contributed by atoms with Crippen LogP contribution in [0.5, 0.6) is 0 Å². The van der Waals surface area contributed by atoms with Gasteiger partial charge in [-0.15, -0.1) is 11.3 Å². The van der Waals surface area contributed by atoms with Crippen LogP contribution in [-0.2, 0) is 13.1 Å². The second-order valence-electron chi connectivity index (χ2n) is 4.51. The van der Waals surface area contributed by atoms with Gasteiger partial charge in [0.15, 0.2) is 0 Å². The van der Waals surface area contributed by atoms with Gasteiger partial charge in [0.25, 0.3) is 0 Å². The summed E-state index contributed by atoms with van der Waals surface area (Å²) in [5.41, 5.74) is 7.65. The molecule has 0 aliphatic heterocycles. The van der Waals surface area contributed by atoms with Gasteiger partial charge in [-0.2, -0.15) is 0 Å². The maximum atomic E-state index is 5.57. The summed E-state index contributed by atoms with van der Waals surface area (Å²) in [5, 5.41) is 2.11. The Balaban J connectivity index is 2.18. The lowest BCUT2D eigenvalue weighted by atomic mass is 10.2. The van der Waals surface area contributed by atoms with Crippen LogP contribution in [0.15, 0.2) is 35.8 Å². The van der Waals surface area contributed by atoms with Crippen LogP contribution in [0.4, 0.5) is 5.69 Å². The van der Waals surface area contributed by atoms with Gasteiger partial charge in [-0.3, -0.25) is 4.98 Å². The van der Waals surface area contributed by atoms with Crippen LogP contribution in [0.3, 0.4) is 0 Å². The monoisotopic (exact) mass is 261 g/mol. The van der Waals surface area contributed by atoms with E-state index in [9.17, 15) is 0 Å². The minimum Gasteiger partial charge on any atom is -0.363 e. The van der Waals surface area contributed by atoms with Crippen molar-refractivity contribution in [3.8, 4) is 0 Å². The molecule has 0 spiro atoms. The van der Waals surface area contributed by atoms with E-state index in [0.717, 1.165) is 17.9 Å². The third kappa shape index (κ3) is 3.09. The van der Waals surface area contributed by atoms with Crippen molar-refractivity contribution in [1.82, 2.24) is 4.98 Å². The lowest BCUT2D eigenvalue weighted by Gasteiger charge is -2.28. The number of aromatic nitrogens is 1. The number of nitrogens with two attached hydrogens (primary N) is 1. The number of nitrogens with zero attached hydrogens (tertiary/aromatic N) is 2. The first-order chi connectivity index (χ1) is 8.70. The first-order valence-corrected chi connectivity index (χ1v) is 7.02. The first-order valence-electron chi connectivity index (χ1n) is 6.14. The lowest BCUT2D eigenvalue weighted by molar-refractivity contribution is 0.685. The topological polar surface area (TPSA) is 42.1 Å². The molecule has 0 aliphatic carbocycles. The van der Waals surface area contributed by atoms with E-state index in [4.69, 9.17) is 5.73 Å². The average Bonchev–Trinajstić information content (AvgIpc) is 2.89. The third-order valence-electron chi connectivity index (χ3n) is 2.88. The van der Waals surface area contributed by atoms with Crippen LogP contribution in [0, 0.1) is 0 Å². The highest BCUT2D eigenvalue weighted by molar-refractivity contribution is 7.09. The third-order valence-corrected chi connectivity index (χ3v) is 3.74. The quantitative estimate of drug-likeness (QED) is 0.899. The van der Waals surface area contributed by atoms with E-state index in [1.54, 1.807) is 11.3 Å². The van der Waals surface area contributed by atoms with Crippen molar-refractivity contribution in [1.29, 1.82) is 0 Å². The fourth-order valence-electron chi connectivity index (χ4n) is 1.85. The summed E-state index contributed by atoms with van der Waals surface area (Å²) in [6.07, 6.45) is 1.91. The molecule has 0 aromatic carbocycles. The Hall–Kier alpha value is -1.39. The summed E-state index contributed by atoms with van der Waals surface area (Å²) in [4.78, 5) is 8.08. The number of pyridine rings is 1. The number of hydrogen-bond donors (Lipinski definition) is 1. The van der Waals surface area contributed by atoms with Gasteiger partial charge >= 0.3 is 0 Å². The number of anilines is 1. The molecule has 0 radical (unpaired) electrons. The maximum Gasteiger partial charge on any atom is 0.0558 e. The Bertz CT molecular complexity index is 462. The minimum absolute atomic E-state index is 0.442. The molecule has 0 fully saturated rings. The Morgan fingerprint density at radius 3 is 2.67 bits per heavy atom. The zero-order valence-electron chi connectivity index (χ0n) is 10.8. The normalized spacial score (nSPS) is 10.9.